The summed E-state index contributed by atoms with van der Waals surface area (Å²) in [5, 5.41) is 3.07. The Morgan fingerprint density at radius 1 is 1.05 bits per heavy atom. The molecule has 0 bridgehead atoms. The van der Waals surface area contributed by atoms with Crippen LogP contribution >= 0.6 is 0 Å². The van der Waals surface area contributed by atoms with E-state index in [-0.39, 0.29) is 34.6 Å². The van der Waals surface area contributed by atoms with E-state index in [9.17, 15) is 13.2 Å². The van der Waals surface area contributed by atoms with Gasteiger partial charge in [0, 0.05) is 23.7 Å². The van der Waals surface area contributed by atoms with Crippen molar-refractivity contribution in [2.24, 2.45) is 0 Å². The molecule has 0 spiro atoms. The van der Waals surface area contributed by atoms with Crippen molar-refractivity contribution in [2.45, 2.75) is 76.8 Å². The number of rotatable bonds is 10. The summed E-state index contributed by atoms with van der Waals surface area (Å²) in [4.78, 5) is 41.2. The van der Waals surface area contributed by atoms with Crippen molar-refractivity contribution in [3.63, 3.8) is 0 Å². The molecule has 11 nitrogen and oxygen atoms in total. The van der Waals surface area contributed by atoms with E-state index in [4.69, 9.17) is 4.98 Å². The number of aromatic nitrogens is 7. The molecule has 0 amide bonds. The number of nitrogens with one attached hydrogen (secondary N) is 1. The van der Waals surface area contributed by atoms with Gasteiger partial charge in [-0.3, -0.25) is 14.3 Å². The Morgan fingerprint density at radius 2 is 1.85 bits per heavy atom. The summed E-state index contributed by atoms with van der Waals surface area (Å²) in [5.41, 5.74) is 4.48. The van der Waals surface area contributed by atoms with Gasteiger partial charge in [0.1, 0.15) is 6.33 Å². The van der Waals surface area contributed by atoms with Crippen LogP contribution in [-0.4, -0.2) is 48.6 Å². The van der Waals surface area contributed by atoms with Crippen molar-refractivity contribution in [3.05, 3.63) is 58.3 Å². The van der Waals surface area contributed by atoms with Crippen molar-refractivity contribution in [1.82, 2.24) is 34.5 Å². The first kappa shape index (κ1) is 26.8. The summed E-state index contributed by atoms with van der Waals surface area (Å²) in [7, 11) is -3.34. The molecule has 0 aromatic carbocycles. The number of hydrogen-bond acceptors (Lipinski definition) is 10. The van der Waals surface area contributed by atoms with Gasteiger partial charge in [-0.15, -0.1) is 0 Å². The third-order valence-corrected chi connectivity index (χ3v) is 8.84. The molecule has 0 radical (unpaired) electrons. The molecular formula is C27H32N8O3S. The Hall–Kier alpha value is -3.80. The van der Waals surface area contributed by atoms with Gasteiger partial charge >= 0.3 is 0 Å². The molecule has 1 atom stereocenters. The van der Waals surface area contributed by atoms with Gasteiger partial charge in [0.2, 0.25) is 0 Å². The number of anilines is 1. The predicted octanol–water partition coefficient (Wildman–Crippen LogP) is 3.86. The largest absolute Gasteiger partial charge is 0.360 e. The first-order chi connectivity index (χ1) is 18.8. The Morgan fingerprint density at radius 3 is 2.49 bits per heavy atom. The molecule has 0 unspecified atom stereocenters. The predicted molar refractivity (Wildman–Crippen MR) is 148 cm³/mol. The van der Waals surface area contributed by atoms with Gasteiger partial charge in [-0.25, -0.2) is 33.3 Å². The Labute approximate surface area is 227 Å². The zero-order valence-electron chi connectivity index (χ0n) is 22.5. The average molecular weight is 549 g/mol. The monoisotopic (exact) mass is 548 g/mol. The summed E-state index contributed by atoms with van der Waals surface area (Å²) in [6.45, 7) is 7.81. The second-order valence-electron chi connectivity index (χ2n) is 9.75. The molecule has 39 heavy (non-hydrogen) atoms. The molecular weight excluding hydrogens is 516 g/mol. The van der Waals surface area contributed by atoms with E-state index in [2.05, 4.69) is 37.2 Å². The first-order valence-electron chi connectivity index (χ1n) is 13.3. The molecule has 0 aliphatic heterocycles. The van der Waals surface area contributed by atoms with Gasteiger partial charge in [0.15, 0.2) is 26.9 Å². The van der Waals surface area contributed by atoms with Crippen molar-refractivity contribution < 1.29 is 8.42 Å². The van der Waals surface area contributed by atoms with E-state index in [0.29, 0.717) is 35.0 Å². The van der Waals surface area contributed by atoms with E-state index < -0.39 is 9.84 Å². The topological polar surface area (TPSA) is 146 Å². The fourth-order valence-electron chi connectivity index (χ4n) is 4.50. The third kappa shape index (κ3) is 5.25. The zero-order chi connectivity index (χ0) is 27.7. The minimum atomic E-state index is -3.34. The highest BCUT2D eigenvalue weighted by molar-refractivity contribution is 7.91. The first-order valence-corrected chi connectivity index (χ1v) is 15.0. The number of hydrogen-bond donors (Lipinski definition) is 1. The van der Waals surface area contributed by atoms with Crippen LogP contribution in [0.3, 0.4) is 0 Å². The maximum atomic E-state index is 13.6. The number of fused-ring (bicyclic) bond motifs is 1. The van der Waals surface area contributed by atoms with Crippen LogP contribution in [0.4, 0.5) is 5.82 Å². The number of pyridine rings is 1. The lowest BCUT2D eigenvalue weighted by molar-refractivity contribution is 0.526. The molecule has 204 valence electrons. The molecule has 1 saturated carbocycles. The quantitative estimate of drug-likeness (QED) is 0.310. The smallest absolute Gasteiger partial charge is 0.295 e. The summed E-state index contributed by atoms with van der Waals surface area (Å²) < 4.78 is 25.8. The summed E-state index contributed by atoms with van der Waals surface area (Å²) in [5.74, 6) is 0.536. The fraction of sp³-hybridized carbons (Fsp3) is 0.444. The lowest BCUT2D eigenvalue weighted by Gasteiger charge is -2.18. The van der Waals surface area contributed by atoms with Crippen molar-refractivity contribution in [1.29, 1.82) is 0 Å². The summed E-state index contributed by atoms with van der Waals surface area (Å²) >= 11 is 0. The fourth-order valence-corrected chi connectivity index (χ4v) is 5.32. The Balaban J connectivity index is 1.54. The average Bonchev–Trinajstić information content (AvgIpc) is 3.81. The molecule has 4 heterocycles. The highest BCUT2D eigenvalue weighted by Crippen LogP contribution is 2.43. The van der Waals surface area contributed by atoms with Crippen LogP contribution in [-0.2, 0) is 22.8 Å². The second-order valence-corrected chi connectivity index (χ2v) is 12.0. The minimum absolute atomic E-state index is 0.00411. The molecule has 1 N–H and O–H groups in total. The number of nitrogens with zero attached hydrogens (tertiary/aromatic N) is 7. The zero-order valence-corrected chi connectivity index (χ0v) is 23.4. The van der Waals surface area contributed by atoms with E-state index in [1.165, 1.54) is 12.3 Å². The molecule has 5 rings (SSSR count). The van der Waals surface area contributed by atoms with Crippen LogP contribution in [0.2, 0.25) is 0 Å². The van der Waals surface area contributed by atoms with Crippen LogP contribution in [0.25, 0.3) is 22.6 Å². The van der Waals surface area contributed by atoms with Gasteiger partial charge in [0.05, 0.1) is 46.2 Å². The lowest BCUT2D eigenvalue weighted by atomic mass is 10.0. The molecule has 0 saturated heterocycles. The Bertz CT molecular complexity index is 1680. The van der Waals surface area contributed by atoms with Gasteiger partial charge in [-0.1, -0.05) is 20.8 Å². The van der Waals surface area contributed by atoms with Crippen LogP contribution < -0.4 is 10.9 Å². The molecule has 4 aromatic heterocycles. The van der Waals surface area contributed by atoms with Crippen molar-refractivity contribution in [2.75, 3.05) is 11.1 Å². The van der Waals surface area contributed by atoms with Crippen LogP contribution in [0.5, 0.6) is 0 Å². The van der Waals surface area contributed by atoms with Crippen molar-refractivity contribution in [3.8, 4) is 11.3 Å². The van der Waals surface area contributed by atoms with Crippen LogP contribution in [0.15, 0.2) is 40.5 Å². The van der Waals surface area contributed by atoms with E-state index in [1.54, 1.807) is 30.1 Å². The van der Waals surface area contributed by atoms with Gasteiger partial charge < -0.3 is 5.32 Å². The maximum absolute atomic E-state index is 13.6. The van der Waals surface area contributed by atoms with E-state index in [0.717, 1.165) is 36.2 Å². The lowest BCUT2D eigenvalue weighted by Crippen LogP contribution is -2.28. The minimum Gasteiger partial charge on any atom is -0.360 e. The number of sulfone groups is 1. The van der Waals surface area contributed by atoms with Gasteiger partial charge in [-0.2, -0.15) is 0 Å². The normalized spacial score (nSPS) is 14.5. The molecule has 1 aliphatic rings. The van der Waals surface area contributed by atoms with E-state index in [1.807, 2.05) is 13.8 Å². The number of aryl methyl sites for hydroxylation is 1. The van der Waals surface area contributed by atoms with Crippen molar-refractivity contribution >= 4 is 26.9 Å². The van der Waals surface area contributed by atoms with E-state index >= 15 is 0 Å². The van der Waals surface area contributed by atoms with Crippen LogP contribution in [0, 0.1) is 0 Å². The van der Waals surface area contributed by atoms with Gasteiger partial charge in [-0.05, 0) is 44.7 Å². The Kier molecular flexibility index (Phi) is 7.39. The molecule has 1 fully saturated rings. The molecule has 4 aromatic rings. The maximum Gasteiger partial charge on any atom is 0.295 e. The highest BCUT2D eigenvalue weighted by atomic mass is 32.2. The standard InChI is InChI=1S/C27H32N8O3S/c1-5-16(4)35-26-24(30-14-21(33-26)22-20(6-2)31-15-32-23(22)17-8-9-17)34-25(27(35)36)29-12-18-10-11-19(13-28-18)39(37,38)7-3/h10-11,13-17H,5-9,12H2,1-4H3,(H,29,30,34)/t16-/m0/s1. The highest BCUT2D eigenvalue weighted by Gasteiger charge is 2.30. The van der Waals surface area contributed by atoms with Gasteiger partial charge in [0.25, 0.3) is 5.56 Å². The summed E-state index contributed by atoms with van der Waals surface area (Å²) in [6.07, 6.45) is 8.26. The third-order valence-electron chi connectivity index (χ3n) is 7.12. The second kappa shape index (κ2) is 10.8. The summed E-state index contributed by atoms with van der Waals surface area (Å²) in [6, 6.07) is 3.00. The molecule has 12 heteroatoms. The van der Waals surface area contributed by atoms with Crippen LogP contribution in [0.1, 0.15) is 76.0 Å². The SMILES string of the molecule is CCc1ncnc(C2CC2)c1-c1cnc2nc(NCc3ccc(S(=O)(=O)CC)cn3)c(=O)n([C@@H](C)CC)c2n1. The molecule has 1 aliphatic carbocycles.